The highest BCUT2D eigenvalue weighted by Crippen LogP contribution is 2.41. The first-order valence-corrected chi connectivity index (χ1v) is 15.0. The second-order valence-electron chi connectivity index (χ2n) is 10.9. The highest BCUT2D eigenvalue weighted by molar-refractivity contribution is 7.22. The van der Waals surface area contributed by atoms with Crippen LogP contribution in [0.25, 0.3) is 31.4 Å². The number of benzene rings is 2. The van der Waals surface area contributed by atoms with E-state index in [9.17, 15) is 10.1 Å². The van der Waals surface area contributed by atoms with Crippen LogP contribution in [0.3, 0.4) is 0 Å². The Balaban J connectivity index is 1.42. The van der Waals surface area contributed by atoms with Gasteiger partial charge in [-0.05, 0) is 67.4 Å². The molecule has 2 fully saturated rings. The number of carbonyl (C=O) groups is 1. The molecule has 2 atom stereocenters. The van der Waals surface area contributed by atoms with Crippen molar-refractivity contribution in [2.45, 2.75) is 38.3 Å². The number of carbonyl (C=O) groups excluding carboxylic acids is 1. The van der Waals surface area contributed by atoms with Gasteiger partial charge in [-0.2, -0.15) is 15.2 Å². The highest BCUT2D eigenvalue weighted by Gasteiger charge is 2.32. The second kappa shape index (κ2) is 11.5. The Bertz CT molecular complexity index is 1650. The molecule has 6 rings (SSSR count). The average Bonchev–Trinajstić information content (AvgIpc) is 3.61. The van der Waals surface area contributed by atoms with E-state index in [4.69, 9.17) is 14.7 Å². The molecule has 41 heavy (non-hydrogen) atoms. The molecule has 2 aliphatic heterocycles. The lowest BCUT2D eigenvalue weighted by atomic mass is 9.99. The maximum Gasteiger partial charge on any atom is 0.319 e. The zero-order chi connectivity index (χ0) is 28.5. The van der Waals surface area contributed by atoms with Crippen molar-refractivity contribution >= 4 is 44.1 Å². The van der Waals surface area contributed by atoms with Crippen LogP contribution >= 0.6 is 11.3 Å². The topological polar surface area (TPSA) is 85.6 Å². The van der Waals surface area contributed by atoms with Gasteiger partial charge < -0.3 is 19.4 Å². The molecule has 0 radical (unpaired) electrons. The molecule has 1 unspecified atom stereocenters. The van der Waals surface area contributed by atoms with Crippen molar-refractivity contribution in [2.24, 2.45) is 0 Å². The van der Waals surface area contributed by atoms with Crippen LogP contribution in [0.15, 0.2) is 55.1 Å². The van der Waals surface area contributed by atoms with Crippen LogP contribution in [-0.2, 0) is 4.79 Å². The van der Waals surface area contributed by atoms with Gasteiger partial charge in [0.2, 0.25) is 5.91 Å². The summed E-state index contributed by atoms with van der Waals surface area (Å²) in [6.07, 6.45) is 3.84. The van der Waals surface area contributed by atoms with Crippen molar-refractivity contribution in [2.75, 3.05) is 44.7 Å². The van der Waals surface area contributed by atoms with Gasteiger partial charge in [-0.1, -0.05) is 43.0 Å². The number of likely N-dealkylation sites (N-methyl/N-ethyl adjacent to an activating group) is 1. The number of piperazine rings is 1. The summed E-state index contributed by atoms with van der Waals surface area (Å²) in [4.78, 5) is 29.7. The summed E-state index contributed by atoms with van der Waals surface area (Å²) in [5.41, 5.74) is 3.25. The third-order valence-corrected chi connectivity index (χ3v) is 9.51. The Labute approximate surface area is 244 Å². The zero-order valence-electron chi connectivity index (χ0n) is 23.5. The smallest absolute Gasteiger partial charge is 0.319 e. The molecule has 210 valence electrons. The molecule has 1 amide bonds. The molecule has 2 aromatic heterocycles. The van der Waals surface area contributed by atoms with E-state index in [0.717, 1.165) is 33.9 Å². The predicted molar refractivity (Wildman–Crippen MR) is 164 cm³/mol. The normalized spacial score (nSPS) is 19.5. The van der Waals surface area contributed by atoms with Crippen molar-refractivity contribution < 1.29 is 9.53 Å². The van der Waals surface area contributed by atoms with Crippen molar-refractivity contribution in [3.05, 3.63) is 60.7 Å². The second-order valence-corrected chi connectivity index (χ2v) is 12.0. The quantitative estimate of drug-likeness (QED) is 0.277. The van der Waals surface area contributed by atoms with E-state index in [1.807, 2.05) is 0 Å². The zero-order valence-corrected chi connectivity index (χ0v) is 24.4. The number of fused-ring (bicyclic) bond motifs is 2. The maximum absolute atomic E-state index is 12.5. The Kier molecular flexibility index (Phi) is 7.61. The molecule has 2 saturated heterocycles. The van der Waals surface area contributed by atoms with Crippen LogP contribution < -0.4 is 9.64 Å². The van der Waals surface area contributed by atoms with Crippen LogP contribution in [0.1, 0.15) is 24.8 Å². The van der Waals surface area contributed by atoms with Gasteiger partial charge in [0.15, 0.2) is 5.82 Å². The number of aryl methyl sites for hydroxylation is 1. The summed E-state index contributed by atoms with van der Waals surface area (Å²) < 4.78 is 7.22. The molecule has 0 saturated carbocycles. The van der Waals surface area contributed by atoms with Gasteiger partial charge in [-0.25, -0.2) is 0 Å². The minimum Gasteiger partial charge on any atom is -0.462 e. The monoisotopic (exact) mass is 566 g/mol. The molecular weight excluding hydrogens is 532 g/mol. The summed E-state index contributed by atoms with van der Waals surface area (Å²) in [7, 11) is 2.13. The Hall–Kier alpha value is -4.00. The first-order chi connectivity index (χ1) is 20.0. The van der Waals surface area contributed by atoms with E-state index in [0.29, 0.717) is 38.3 Å². The fourth-order valence-electron chi connectivity index (χ4n) is 6.14. The van der Waals surface area contributed by atoms with Crippen LogP contribution in [-0.4, -0.2) is 77.6 Å². The molecule has 8 nitrogen and oxygen atoms in total. The fraction of sp³-hybridized carbons (Fsp3) is 0.375. The van der Waals surface area contributed by atoms with Crippen LogP contribution in [0.2, 0.25) is 0 Å². The lowest BCUT2D eigenvalue weighted by Crippen LogP contribution is -2.55. The molecule has 9 heteroatoms. The van der Waals surface area contributed by atoms with Gasteiger partial charge in [0.25, 0.3) is 0 Å². The predicted octanol–water partition coefficient (Wildman–Crippen LogP) is 5.41. The lowest BCUT2D eigenvalue weighted by molar-refractivity contribution is -0.128. The number of hydrogen-bond donors (Lipinski definition) is 0. The average molecular weight is 567 g/mol. The molecule has 2 aromatic carbocycles. The van der Waals surface area contributed by atoms with E-state index in [-0.39, 0.29) is 18.4 Å². The minimum absolute atomic E-state index is 0.146. The van der Waals surface area contributed by atoms with Crippen molar-refractivity contribution in [1.82, 2.24) is 19.8 Å². The molecule has 0 N–H and O–H groups in total. The first kappa shape index (κ1) is 27.2. The SMILES string of the molecule is C=CC(=O)N1CCN(c2nc(OC[C@@H]3CCCN3C)nc3cc(-c4cccc5cccc(C)c45)sc23)CC1CC#N. The Morgan fingerprint density at radius 1 is 1.20 bits per heavy atom. The first-order valence-electron chi connectivity index (χ1n) is 14.1. The van der Waals surface area contributed by atoms with Gasteiger partial charge in [-0.3, -0.25) is 4.79 Å². The molecule has 0 bridgehead atoms. The Morgan fingerprint density at radius 3 is 2.78 bits per heavy atom. The number of aromatic nitrogens is 2. The number of anilines is 1. The molecular formula is C32H34N6O2S. The number of ether oxygens (including phenoxy) is 1. The van der Waals surface area contributed by atoms with E-state index in [2.05, 4.69) is 78.9 Å². The van der Waals surface area contributed by atoms with E-state index in [1.165, 1.54) is 34.4 Å². The molecule has 2 aliphatic rings. The van der Waals surface area contributed by atoms with Crippen molar-refractivity contribution in [3.63, 3.8) is 0 Å². The summed E-state index contributed by atoms with van der Waals surface area (Å²) in [6.45, 7) is 9.01. The number of likely N-dealkylation sites (tertiary alicyclic amines) is 1. The Morgan fingerprint density at radius 2 is 2.02 bits per heavy atom. The summed E-state index contributed by atoms with van der Waals surface area (Å²) in [6, 6.07) is 17.7. The summed E-state index contributed by atoms with van der Waals surface area (Å²) in [5, 5.41) is 12.0. The third kappa shape index (κ3) is 5.25. The van der Waals surface area contributed by atoms with Crippen LogP contribution in [0, 0.1) is 18.3 Å². The largest absolute Gasteiger partial charge is 0.462 e. The summed E-state index contributed by atoms with van der Waals surface area (Å²) in [5.74, 6) is 0.652. The standard InChI is InChI=1S/C32H34N6O2S/c1-4-28(39)38-17-16-37(19-23(38)13-14-33)31-30-26(34-32(35-31)40-20-24-11-7-15-36(24)3)18-27(41-30)25-12-6-10-22-9-5-8-21(2)29(22)25/h4-6,8-10,12,18,23-24H,1,7,11,13,15-17,19-20H2,2-3H3/t23?,24-/m0/s1. The van der Waals surface area contributed by atoms with E-state index >= 15 is 0 Å². The number of hydrogen-bond acceptors (Lipinski definition) is 8. The van der Waals surface area contributed by atoms with Crippen LogP contribution in [0.4, 0.5) is 5.82 Å². The molecule has 4 heterocycles. The minimum atomic E-state index is -0.249. The van der Waals surface area contributed by atoms with E-state index in [1.54, 1.807) is 16.2 Å². The van der Waals surface area contributed by atoms with Gasteiger partial charge in [0.1, 0.15) is 6.61 Å². The number of thiophene rings is 1. The lowest BCUT2D eigenvalue weighted by Gasteiger charge is -2.40. The number of nitriles is 1. The van der Waals surface area contributed by atoms with Gasteiger partial charge in [0, 0.05) is 30.6 Å². The van der Waals surface area contributed by atoms with Gasteiger partial charge in [0.05, 0.1) is 28.7 Å². The van der Waals surface area contributed by atoms with E-state index < -0.39 is 0 Å². The van der Waals surface area contributed by atoms with Crippen molar-refractivity contribution in [1.29, 1.82) is 5.26 Å². The maximum atomic E-state index is 12.5. The third-order valence-electron chi connectivity index (χ3n) is 8.35. The highest BCUT2D eigenvalue weighted by atomic mass is 32.1. The van der Waals surface area contributed by atoms with Crippen molar-refractivity contribution in [3.8, 4) is 22.5 Å². The van der Waals surface area contributed by atoms with Gasteiger partial charge in [-0.15, -0.1) is 11.3 Å². The number of rotatable bonds is 7. The van der Waals surface area contributed by atoms with Crippen LogP contribution in [0.5, 0.6) is 6.01 Å². The molecule has 0 spiro atoms. The fourth-order valence-corrected chi connectivity index (χ4v) is 7.28. The number of amides is 1. The molecule has 0 aliphatic carbocycles. The number of nitrogens with zero attached hydrogens (tertiary/aromatic N) is 6. The summed E-state index contributed by atoms with van der Waals surface area (Å²) >= 11 is 1.68. The molecule has 4 aromatic rings. The van der Waals surface area contributed by atoms with Gasteiger partial charge >= 0.3 is 6.01 Å².